The van der Waals surface area contributed by atoms with Gasteiger partial charge in [0, 0.05) is 19.6 Å². The summed E-state index contributed by atoms with van der Waals surface area (Å²) in [4.78, 5) is 11.4. The van der Waals surface area contributed by atoms with Gasteiger partial charge in [0.25, 0.3) is 0 Å². The minimum atomic E-state index is -0.0517. The molecule has 0 aliphatic carbocycles. The summed E-state index contributed by atoms with van der Waals surface area (Å²) < 4.78 is 10.7. The van der Waals surface area contributed by atoms with E-state index in [2.05, 4.69) is 12.2 Å². The van der Waals surface area contributed by atoms with Crippen LogP contribution in [0.4, 0.5) is 0 Å². The zero-order valence-electron chi connectivity index (χ0n) is 11.4. The summed E-state index contributed by atoms with van der Waals surface area (Å²) >= 11 is 0. The summed E-state index contributed by atoms with van der Waals surface area (Å²) in [6, 6.07) is 0. The maximum absolute atomic E-state index is 11.4. The number of rotatable bonds is 0. The molecule has 1 rings (SSSR count). The van der Waals surface area contributed by atoms with Crippen LogP contribution in [0.25, 0.3) is 0 Å². The third-order valence-electron chi connectivity index (χ3n) is 3.02. The second-order valence-electron chi connectivity index (χ2n) is 4.75. The molecular weight excluding hydrogens is 228 g/mol. The highest BCUT2D eigenvalue weighted by atomic mass is 16.5. The minimum absolute atomic E-state index is 0.0517. The summed E-state index contributed by atoms with van der Waals surface area (Å²) in [5.41, 5.74) is 0. The van der Waals surface area contributed by atoms with E-state index in [-0.39, 0.29) is 5.97 Å². The zero-order chi connectivity index (χ0) is 12.9. The molecule has 0 radical (unpaired) electrons. The molecule has 0 bridgehead atoms. The molecule has 0 aromatic heterocycles. The van der Waals surface area contributed by atoms with Gasteiger partial charge in [0.05, 0.1) is 6.61 Å². The lowest BCUT2D eigenvalue weighted by atomic mass is 10.1. The Hall–Kier alpha value is -0.830. The van der Waals surface area contributed by atoms with Crippen LogP contribution in [-0.2, 0) is 14.3 Å². The van der Waals surface area contributed by atoms with Gasteiger partial charge in [-0.05, 0) is 51.4 Å². The van der Waals surface area contributed by atoms with Crippen LogP contribution >= 0.6 is 0 Å². The van der Waals surface area contributed by atoms with E-state index < -0.39 is 0 Å². The van der Waals surface area contributed by atoms with Crippen molar-refractivity contribution >= 4 is 5.97 Å². The predicted octanol–water partition coefficient (Wildman–Crippen LogP) is 3.63. The smallest absolute Gasteiger partial charge is 0.305 e. The lowest BCUT2D eigenvalue weighted by Crippen LogP contribution is -2.06. The van der Waals surface area contributed by atoms with Gasteiger partial charge in [-0.25, -0.2) is 0 Å². The monoisotopic (exact) mass is 254 g/mol. The standard InChI is InChI=1S/C15H26O3/c16-15-11-7-5-3-1-2-4-6-8-12-17-13-9-10-14-18-15/h1-2H,3-14H2/b2-1+. The van der Waals surface area contributed by atoms with E-state index in [0.717, 1.165) is 58.2 Å². The normalized spacial score (nSPS) is 23.9. The highest BCUT2D eigenvalue weighted by molar-refractivity contribution is 5.69. The van der Waals surface area contributed by atoms with E-state index in [0.29, 0.717) is 13.0 Å². The van der Waals surface area contributed by atoms with Crippen molar-refractivity contribution in [3.8, 4) is 0 Å². The van der Waals surface area contributed by atoms with Crippen LogP contribution in [0.3, 0.4) is 0 Å². The molecule has 0 spiro atoms. The number of carbonyl (C=O) groups excluding carboxylic acids is 1. The van der Waals surface area contributed by atoms with Crippen LogP contribution in [0, 0.1) is 0 Å². The van der Waals surface area contributed by atoms with Crippen molar-refractivity contribution < 1.29 is 14.3 Å². The van der Waals surface area contributed by atoms with E-state index in [1.54, 1.807) is 0 Å². The average molecular weight is 254 g/mol. The minimum Gasteiger partial charge on any atom is -0.466 e. The van der Waals surface area contributed by atoms with Crippen molar-refractivity contribution in [2.75, 3.05) is 19.8 Å². The summed E-state index contributed by atoms with van der Waals surface area (Å²) in [6.07, 6.45) is 13.5. The first-order valence-corrected chi connectivity index (χ1v) is 7.28. The van der Waals surface area contributed by atoms with Crippen molar-refractivity contribution in [2.24, 2.45) is 0 Å². The van der Waals surface area contributed by atoms with Crippen molar-refractivity contribution in [3.05, 3.63) is 12.2 Å². The number of ether oxygens (including phenoxy) is 2. The van der Waals surface area contributed by atoms with Crippen LogP contribution in [0.2, 0.25) is 0 Å². The first kappa shape index (κ1) is 15.2. The Morgan fingerprint density at radius 3 is 2.17 bits per heavy atom. The quantitative estimate of drug-likeness (QED) is 0.489. The molecule has 0 unspecified atom stereocenters. The Morgan fingerprint density at radius 2 is 1.39 bits per heavy atom. The second-order valence-corrected chi connectivity index (χ2v) is 4.75. The summed E-state index contributed by atoms with van der Waals surface area (Å²) in [7, 11) is 0. The molecule has 0 aromatic carbocycles. The Morgan fingerprint density at radius 1 is 0.778 bits per heavy atom. The number of carbonyl (C=O) groups is 1. The molecule has 1 aliphatic heterocycles. The van der Waals surface area contributed by atoms with Gasteiger partial charge in [-0.3, -0.25) is 4.79 Å². The number of esters is 1. The SMILES string of the molecule is O=C1CCCC/C=C/CCCCOCCCCO1. The molecule has 1 aliphatic rings. The summed E-state index contributed by atoms with van der Waals surface area (Å²) in [5, 5.41) is 0. The van der Waals surface area contributed by atoms with Crippen molar-refractivity contribution in [3.63, 3.8) is 0 Å². The average Bonchev–Trinajstić information content (AvgIpc) is 2.37. The van der Waals surface area contributed by atoms with Crippen LogP contribution < -0.4 is 0 Å². The van der Waals surface area contributed by atoms with E-state index in [1.165, 1.54) is 6.42 Å². The molecule has 0 N–H and O–H groups in total. The van der Waals surface area contributed by atoms with Gasteiger partial charge in [0.2, 0.25) is 0 Å². The third kappa shape index (κ3) is 9.23. The van der Waals surface area contributed by atoms with E-state index in [4.69, 9.17) is 9.47 Å². The number of allylic oxidation sites excluding steroid dienone is 2. The third-order valence-corrected chi connectivity index (χ3v) is 3.02. The van der Waals surface area contributed by atoms with Gasteiger partial charge in [-0.15, -0.1) is 0 Å². The molecule has 0 aromatic rings. The first-order chi connectivity index (χ1) is 8.89. The van der Waals surface area contributed by atoms with Crippen LogP contribution in [0.1, 0.15) is 57.8 Å². The van der Waals surface area contributed by atoms with E-state index in [9.17, 15) is 4.79 Å². The fourth-order valence-corrected chi connectivity index (χ4v) is 1.90. The molecule has 0 saturated heterocycles. The van der Waals surface area contributed by atoms with Gasteiger partial charge < -0.3 is 9.47 Å². The maximum Gasteiger partial charge on any atom is 0.305 e. The van der Waals surface area contributed by atoms with E-state index in [1.807, 2.05) is 0 Å². The molecule has 0 amide bonds. The lowest BCUT2D eigenvalue weighted by Gasteiger charge is -2.05. The van der Waals surface area contributed by atoms with Crippen molar-refractivity contribution in [1.29, 1.82) is 0 Å². The molecule has 0 saturated carbocycles. The van der Waals surface area contributed by atoms with Crippen molar-refractivity contribution in [2.45, 2.75) is 57.8 Å². The fourth-order valence-electron chi connectivity index (χ4n) is 1.90. The van der Waals surface area contributed by atoms with Gasteiger partial charge in [0.1, 0.15) is 0 Å². The maximum atomic E-state index is 11.4. The molecular formula is C15H26O3. The van der Waals surface area contributed by atoms with Crippen LogP contribution in [0.5, 0.6) is 0 Å². The van der Waals surface area contributed by atoms with Crippen LogP contribution in [-0.4, -0.2) is 25.8 Å². The van der Waals surface area contributed by atoms with Crippen molar-refractivity contribution in [1.82, 2.24) is 0 Å². The molecule has 0 fully saturated rings. The molecule has 1 heterocycles. The molecule has 3 heteroatoms. The second kappa shape index (κ2) is 11.3. The van der Waals surface area contributed by atoms with Gasteiger partial charge in [-0.2, -0.15) is 0 Å². The number of cyclic esters (lactones) is 1. The predicted molar refractivity (Wildman–Crippen MR) is 72.5 cm³/mol. The lowest BCUT2D eigenvalue weighted by molar-refractivity contribution is -0.143. The Bertz CT molecular complexity index is 236. The summed E-state index contributed by atoms with van der Waals surface area (Å²) in [5.74, 6) is -0.0517. The van der Waals surface area contributed by atoms with Gasteiger partial charge in [-0.1, -0.05) is 12.2 Å². The molecule has 104 valence electrons. The fraction of sp³-hybridized carbons (Fsp3) is 0.800. The number of hydrogen-bond donors (Lipinski definition) is 0. The van der Waals surface area contributed by atoms with E-state index >= 15 is 0 Å². The topological polar surface area (TPSA) is 35.5 Å². The highest BCUT2D eigenvalue weighted by Crippen LogP contribution is 2.05. The largest absolute Gasteiger partial charge is 0.466 e. The molecule has 0 atom stereocenters. The van der Waals surface area contributed by atoms with Gasteiger partial charge >= 0.3 is 5.97 Å². The summed E-state index contributed by atoms with van der Waals surface area (Å²) in [6.45, 7) is 2.18. The Balaban J connectivity index is 2.17. The Labute approximate surface area is 111 Å². The number of hydrogen-bond acceptors (Lipinski definition) is 3. The zero-order valence-corrected chi connectivity index (χ0v) is 11.4. The van der Waals surface area contributed by atoms with Crippen LogP contribution in [0.15, 0.2) is 12.2 Å². The van der Waals surface area contributed by atoms with Gasteiger partial charge in [0.15, 0.2) is 0 Å². The first-order valence-electron chi connectivity index (χ1n) is 7.28. The molecule has 3 nitrogen and oxygen atoms in total. The Kier molecular flexibility index (Phi) is 9.54. The molecule has 18 heavy (non-hydrogen) atoms. The highest BCUT2D eigenvalue weighted by Gasteiger charge is 2.02.